The molecule has 0 aliphatic carbocycles. The van der Waals surface area contributed by atoms with Crippen LogP contribution in [0.2, 0.25) is 0 Å². The average molecular weight is 425 g/mol. The summed E-state index contributed by atoms with van der Waals surface area (Å²) in [5.74, 6) is 1.65. The number of para-hydroxylation sites is 1. The zero-order valence-electron chi connectivity index (χ0n) is 18.5. The number of ether oxygens (including phenoxy) is 2. The highest BCUT2D eigenvalue weighted by Crippen LogP contribution is 2.19. The Balaban J connectivity index is 1.38. The first-order chi connectivity index (χ1) is 15.0. The van der Waals surface area contributed by atoms with Gasteiger partial charge in [0, 0.05) is 32.6 Å². The van der Waals surface area contributed by atoms with Gasteiger partial charge in [0.25, 0.3) is 5.91 Å². The molecule has 0 bridgehead atoms. The van der Waals surface area contributed by atoms with Gasteiger partial charge in [0.1, 0.15) is 11.5 Å². The molecule has 0 aromatic heterocycles. The molecule has 2 aromatic carbocycles. The molecule has 0 atom stereocenters. The summed E-state index contributed by atoms with van der Waals surface area (Å²) in [6.07, 6.45) is 1.91. The minimum absolute atomic E-state index is 0.0225. The maximum absolute atomic E-state index is 12.6. The van der Waals surface area contributed by atoms with E-state index in [1.54, 1.807) is 4.90 Å². The Bertz CT molecular complexity index is 869. The summed E-state index contributed by atoms with van der Waals surface area (Å²) in [6.45, 7) is 6.99. The largest absolute Gasteiger partial charge is 0.494 e. The number of nitrogens with zero attached hydrogens (tertiary/aromatic N) is 2. The van der Waals surface area contributed by atoms with Gasteiger partial charge < -0.3 is 19.3 Å². The normalized spacial score (nSPS) is 14.1. The van der Waals surface area contributed by atoms with Crippen LogP contribution in [-0.4, -0.2) is 61.0 Å². The van der Waals surface area contributed by atoms with Crippen molar-refractivity contribution in [2.45, 2.75) is 33.1 Å². The monoisotopic (exact) mass is 424 g/mol. The first-order valence-electron chi connectivity index (χ1n) is 11.0. The van der Waals surface area contributed by atoms with Crippen molar-refractivity contribution >= 4 is 11.8 Å². The highest BCUT2D eigenvalue weighted by molar-refractivity contribution is 5.78. The van der Waals surface area contributed by atoms with Crippen molar-refractivity contribution in [3.8, 4) is 11.5 Å². The van der Waals surface area contributed by atoms with Crippen molar-refractivity contribution in [2.75, 3.05) is 39.4 Å². The van der Waals surface area contributed by atoms with E-state index >= 15 is 0 Å². The Hall–Kier alpha value is -3.02. The molecule has 1 fully saturated rings. The molecule has 1 heterocycles. The summed E-state index contributed by atoms with van der Waals surface area (Å²) < 4.78 is 11.4. The minimum Gasteiger partial charge on any atom is -0.494 e. The van der Waals surface area contributed by atoms with Crippen LogP contribution >= 0.6 is 0 Å². The number of carbonyl (C=O) groups excluding carboxylic acids is 2. The Kier molecular flexibility index (Phi) is 8.33. The fourth-order valence-corrected chi connectivity index (χ4v) is 3.70. The Morgan fingerprint density at radius 1 is 0.871 bits per heavy atom. The lowest BCUT2D eigenvalue weighted by Crippen LogP contribution is -2.39. The predicted molar refractivity (Wildman–Crippen MR) is 120 cm³/mol. The van der Waals surface area contributed by atoms with Gasteiger partial charge in [-0.15, -0.1) is 0 Å². The summed E-state index contributed by atoms with van der Waals surface area (Å²) in [4.78, 5) is 28.8. The van der Waals surface area contributed by atoms with Gasteiger partial charge in [-0.05, 0) is 50.5 Å². The van der Waals surface area contributed by atoms with Crippen LogP contribution in [0.25, 0.3) is 0 Å². The van der Waals surface area contributed by atoms with Crippen LogP contribution < -0.4 is 9.47 Å². The lowest BCUT2D eigenvalue weighted by Gasteiger charge is -2.22. The van der Waals surface area contributed by atoms with E-state index in [2.05, 4.69) is 0 Å². The van der Waals surface area contributed by atoms with Crippen molar-refractivity contribution in [2.24, 2.45) is 0 Å². The van der Waals surface area contributed by atoms with E-state index in [0.717, 1.165) is 23.5 Å². The summed E-state index contributed by atoms with van der Waals surface area (Å²) in [7, 11) is 0. The molecule has 0 saturated carbocycles. The molecule has 6 nitrogen and oxygen atoms in total. The molecule has 2 amide bonds. The Morgan fingerprint density at radius 2 is 1.58 bits per heavy atom. The number of carbonyl (C=O) groups is 2. The molecule has 0 radical (unpaired) electrons. The minimum atomic E-state index is -0.0365. The van der Waals surface area contributed by atoms with E-state index in [-0.39, 0.29) is 18.4 Å². The highest BCUT2D eigenvalue weighted by Gasteiger charge is 2.22. The van der Waals surface area contributed by atoms with E-state index in [1.807, 2.05) is 67.3 Å². The second kappa shape index (κ2) is 11.4. The molecule has 166 valence electrons. The van der Waals surface area contributed by atoms with Crippen LogP contribution in [-0.2, 0) is 9.59 Å². The van der Waals surface area contributed by atoms with Crippen LogP contribution in [0.15, 0.2) is 48.5 Å². The molecule has 31 heavy (non-hydrogen) atoms. The van der Waals surface area contributed by atoms with Crippen molar-refractivity contribution in [1.82, 2.24) is 9.80 Å². The molecule has 0 unspecified atom stereocenters. The number of hydrogen-bond acceptors (Lipinski definition) is 4. The lowest BCUT2D eigenvalue weighted by molar-refractivity contribution is -0.134. The molecule has 6 heteroatoms. The van der Waals surface area contributed by atoms with Crippen LogP contribution in [0.3, 0.4) is 0 Å². The molecule has 3 rings (SSSR count). The van der Waals surface area contributed by atoms with Gasteiger partial charge in [-0.1, -0.05) is 35.9 Å². The van der Waals surface area contributed by atoms with E-state index in [0.29, 0.717) is 45.6 Å². The van der Waals surface area contributed by atoms with Gasteiger partial charge in [0.15, 0.2) is 6.61 Å². The second-order valence-electron chi connectivity index (χ2n) is 7.94. The van der Waals surface area contributed by atoms with Gasteiger partial charge in [-0.3, -0.25) is 9.59 Å². The van der Waals surface area contributed by atoms with E-state index < -0.39 is 0 Å². The smallest absolute Gasteiger partial charge is 0.260 e. The van der Waals surface area contributed by atoms with Gasteiger partial charge in [0.2, 0.25) is 5.91 Å². The van der Waals surface area contributed by atoms with Crippen LogP contribution in [0.1, 0.15) is 30.4 Å². The molecular formula is C25H32N2O4. The quantitative estimate of drug-likeness (QED) is 0.608. The summed E-state index contributed by atoms with van der Waals surface area (Å²) in [6, 6.07) is 15.5. The number of aryl methyl sites for hydroxylation is 2. The fraction of sp³-hybridized carbons (Fsp3) is 0.440. The first kappa shape index (κ1) is 22.7. The van der Waals surface area contributed by atoms with Gasteiger partial charge in [0.05, 0.1) is 6.61 Å². The first-order valence-corrected chi connectivity index (χ1v) is 11.0. The maximum atomic E-state index is 12.6. The molecule has 0 N–H and O–H groups in total. The molecular weight excluding hydrogens is 392 g/mol. The third-order valence-electron chi connectivity index (χ3n) is 5.43. The zero-order valence-corrected chi connectivity index (χ0v) is 18.5. The average Bonchev–Trinajstić information content (AvgIpc) is 3.03. The van der Waals surface area contributed by atoms with Crippen molar-refractivity contribution in [3.05, 3.63) is 59.7 Å². The second-order valence-corrected chi connectivity index (χ2v) is 7.94. The van der Waals surface area contributed by atoms with Gasteiger partial charge in [-0.25, -0.2) is 0 Å². The molecule has 2 aromatic rings. The van der Waals surface area contributed by atoms with Crippen LogP contribution in [0, 0.1) is 13.8 Å². The topological polar surface area (TPSA) is 59.1 Å². The van der Waals surface area contributed by atoms with Gasteiger partial charge >= 0.3 is 0 Å². The third kappa shape index (κ3) is 7.02. The summed E-state index contributed by atoms with van der Waals surface area (Å²) in [5, 5.41) is 0. The number of amides is 2. The van der Waals surface area contributed by atoms with Crippen molar-refractivity contribution in [1.29, 1.82) is 0 Å². The van der Waals surface area contributed by atoms with Gasteiger partial charge in [-0.2, -0.15) is 0 Å². The summed E-state index contributed by atoms with van der Waals surface area (Å²) >= 11 is 0. The lowest BCUT2D eigenvalue weighted by atomic mass is 10.1. The number of benzene rings is 2. The number of hydrogen-bond donors (Lipinski definition) is 0. The molecule has 1 aliphatic heterocycles. The molecule has 0 spiro atoms. The SMILES string of the molecule is Cc1ccc(OCC(=O)N2CCCN(C(=O)CCCOc3ccccc3)CC2)c(C)c1. The highest BCUT2D eigenvalue weighted by atomic mass is 16.5. The standard InChI is InChI=1S/C25H32N2O4/c1-20-11-12-23(21(2)18-20)31-19-25(29)27-14-7-13-26(15-16-27)24(28)10-6-17-30-22-8-4-3-5-9-22/h3-5,8-9,11-12,18H,6-7,10,13-17,19H2,1-2H3. The Morgan fingerprint density at radius 3 is 2.29 bits per heavy atom. The van der Waals surface area contributed by atoms with E-state index in [9.17, 15) is 9.59 Å². The molecule has 1 saturated heterocycles. The van der Waals surface area contributed by atoms with E-state index in [1.165, 1.54) is 5.56 Å². The molecule has 1 aliphatic rings. The van der Waals surface area contributed by atoms with E-state index in [4.69, 9.17) is 9.47 Å². The van der Waals surface area contributed by atoms with Crippen LogP contribution in [0.5, 0.6) is 11.5 Å². The van der Waals surface area contributed by atoms with Crippen molar-refractivity contribution in [3.63, 3.8) is 0 Å². The van der Waals surface area contributed by atoms with Crippen molar-refractivity contribution < 1.29 is 19.1 Å². The maximum Gasteiger partial charge on any atom is 0.260 e. The fourth-order valence-electron chi connectivity index (χ4n) is 3.70. The predicted octanol–water partition coefficient (Wildman–Crippen LogP) is 3.60. The zero-order chi connectivity index (χ0) is 22.1. The number of rotatable bonds is 8. The Labute approximate surface area is 184 Å². The summed E-state index contributed by atoms with van der Waals surface area (Å²) in [5.41, 5.74) is 2.19. The third-order valence-corrected chi connectivity index (χ3v) is 5.43. The van der Waals surface area contributed by atoms with Crippen LogP contribution in [0.4, 0.5) is 0 Å².